The summed E-state index contributed by atoms with van der Waals surface area (Å²) in [4.78, 5) is 60.4. The van der Waals surface area contributed by atoms with Crippen molar-refractivity contribution in [1.29, 1.82) is 0 Å². The van der Waals surface area contributed by atoms with E-state index in [2.05, 4.69) is 25.6 Å². The third-order valence-corrected chi connectivity index (χ3v) is 12.8. The Bertz CT molecular complexity index is 2280. The first-order valence-corrected chi connectivity index (χ1v) is 21.3. The number of ether oxygens (including phenoxy) is 1. The van der Waals surface area contributed by atoms with Crippen LogP contribution in [-0.4, -0.2) is 105 Å². The van der Waals surface area contributed by atoms with Crippen molar-refractivity contribution in [2.45, 2.75) is 70.0 Å². The number of nitrogen functional groups attached to an aromatic ring is 1. The van der Waals surface area contributed by atoms with E-state index in [-0.39, 0.29) is 47.6 Å². The Labute approximate surface area is 357 Å². The van der Waals surface area contributed by atoms with Crippen molar-refractivity contribution in [3.05, 3.63) is 87.5 Å². The van der Waals surface area contributed by atoms with E-state index in [0.717, 1.165) is 67.7 Å². The van der Waals surface area contributed by atoms with Crippen molar-refractivity contribution in [1.82, 2.24) is 34.8 Å². The van der Waals surface area contributed by atoms with E-state index >= 15 is 0 Å². The molecule has 0 saturated carbocycles. The molecule has 316 valence electrons. The van der Waals surface area contributed by atoms with Crippen molar-refractivity contribution in [2.75, 3.05) is 56.9 Å². The van der Waals surface area contributed by atoms with Crippen molar-refractivity contribution in [3.63, 3.8) is 0 Å². The van der Waals surface area contributed by atoms with Gasteiger partial charge < -0.3 is 30.5 Å². The van der Waals surface area contributed by atoms with Gasteiger partial charge in [-0.2, -0.15) is 5.10 Å². The lowest BCUT2D eigenvalue weighted by molar-refractivity contribution is -0.138. The fourth-order valence-corrected chi connectivity index (χ4v) is 9.12. The number of likely N-dealkylation sites (tertiary alicyclic amines) is 2. The number of unbranched alkanes of at least 4 members (excludes halogenated alkanes) is 1. The van der Waals surface area contributed by atoms with Gasteiger partial charge in [-0.1, -0.05) is 29.3 Å². The summed E-state index contributed by atoms with van der Waals surface area (Å²) in [7, 11) is 0. The summed E-state index contributed by atoms with van der Waals surface area (Å²) in [6.45, 7) is 5.48. The Morgan fingerprint density at radius 3 is 2.65 bits per heavy atom. The highest BCUT2D eigenvalue weighted by Gasteiger charge is 2.40. The number of benzene rings is 2. The summed E-state index contributed by atoms with van der Waals surface area (Å²) < 4.78 is 21.9. The SMILES string of the molecule is Nc1ncc(-c2cnn(C3CCN(CCCCC(=O)N4CC(CNc5cccc6c5CN([C@@H]5CCC(=O)NC5=O)C6=O)C4)CC3)c2)cc1OCCc1c(Cl)ccc(F)c1Cl. The number of carbonyl (C=O) groups is 4. The predicted molar refractivity (Wildman–Crippen MR) is 225 cm³/mol. The van der Waals surface area contributed by atoms with E-state index in [9.17, 15) is 23.6 Å². The second-order valence-corrected chi connectivity index (χ2v) is 16.8. The Morgan fingerprint density at radius 1 is 1.03 bits per heavy atom. The fraction of sp³-hybridized carbons (Fsp3) is 0.442. The summed E-state index contributed by atoms with van der Waals surface area (Å²) in [6.07, 6.45) is 10.7. The Hall–Kier alpha value is -5.25. The van der Waals surface area contributed by atoms with Crippen LogP contribution in [0.1, 0.15) is 72.5 Å². The molecule has 4 aliphatic heterocycles. The molecule has 0 unspecified atom stereocenters. The first-order chi connectivity index (χ1) is 29.0. The first-order valence-electron chi connectivity index (χ1n) is 20.6. The topological polar surface area (TPSA) is 168 Å². The third-order valence-electron chi connectivity index (χ3n) is 12.1. The maximum atomic E-state index is 13.9. The van der Waals surface area contributed by atoms with Gasteiger partial charge in [0.25, 0.3) is 5.91 Å². The molecule has 4 aliphatic rings. The average molecular weight is 861 g/mol. The number of aromatic nitrogens is 3. The second-order valence-electron chi connectivity index (χ2n) is 16.0. The van der Waals surface area contributed by atoms with Crippen molar-refractivity contribution in [3.8, 4) is 16.9 Å². The number of nitrogens with two attached hydrogens (primary N) is 1. The van der Waals surface area contributed by atoms with Crippen LogP contribution in [0.25, 0.3) is 11.1 Å². The van der Waals surface area contributed by atoms with Gasteiger partial charge in [0.05, 0.1) is 23.9 Å². The van der Waals surface area contributed by atoms with Gasteiger partial charge in [-0.05, 0) is 74.5 Å². The second kappa shape index (κ2) is 18.2. The van der Waals surface area contributed by atoms with Crippen molar-refractivity contribution >= 4 is 58.3 Å². The monoisotopic (exact) mass is 859 g/mol. The Kier molecular flexibility index (Phi) is 12.6. The van der Waals surface area contributed by atoms with Crippen LogP contribution in [-0.2, 0) is 27.3 Å². The van der Waals surface area contributed by atoms with E-state index in [4.69, 9.17) is 33.7 Å². The maximum Gasteiger partial charge on any atom is 0.255 e. The van der Waals surface area contributed by atoms with Crippen LogP contribution in [0.3, 0.4) is 0 Å². The molecule has 14 nitrogen and oxygen atoms in total. The molecule has 0 bridgehead atoms. The zero-order valence-corrected chi connectivity index (χ0v) is 34.7. The molecule has 4 aromatic rings. The van der Waals surface area contributed by atoms with Crippen molar-refractivity contribution in [2.24, 2.45) is 5.92 Å². The van der Waals surface area contributed by atoms with Gasteiger partial charge in [0.15, 0.2) is 11.6 Å². The molecular formula is C43H48Cl2FN9O5. The normalized spacial score (nSPS) is 18.7. The number of piperidine rings is 2. The molecule has 6 heterocycles. The largest absolute Gasteiger partial charge is 0.489 e. The Balaban J connectivity index is 0.719. The summed E-state index contributed by atoms with van der Waals surface area (Å²) >= 11 is 12.3. The number of nitrogens with zero attached hydrogens (tertiary/aromatic N) is 6. The van der Waals surface area contributed by atoms with Crippen LogP contribution in [0.5, 0.6) is 5.75 Å². The van der Waals surface area contributed by atoms with Crippen molar-refractivity contribution < 1.29 is 28.3 Å². The number of anilines is 2. The van der Waals surface area contributed by atoms with Crippen LogP contribution < -0.4 is 21.1 Å². The fourth-order valence-electron chi connectivity index (χ4n) is 8.56. The maximum absolute atomic E-state index is 13.9. The summed E-state index contributed by atoms with van der Waals surface area (Å²) in [6, 6.07) is 9.73. The quantitative estimate of drug-likeness (QED) is 0.0763. The van der Waals surface area contributed by atoms with Crippen LogP contribution in [0.15, 0.2) is 55.0 Å². The number of halogens is 3. The minimum atomic E-state index is -0.647. The number of pyridine rings is 1. The van der Waals surface area contributed by atoms with Gasteiger partial charge in [0.2, 0.25) is 17.7 Å². The van der Waals surface area contributed by atoms with Crippen LogP contribution in [0.4, 0.5) is 15.9 Å². The molecule has 3 fully saturated rings. The molecule has 3 saturated heterocycles. The molecule has 0 radical (unpaired) electrons. The summed E-state index contributed by atoms with van der Waals surface area (Å²) in [5.41, 5.74) is 10.6. The average Bonchev–Trinajstić information content (AvgIpc) is 3.85. The van der Waals surface area contributed by atoms with E-state index in [1.807, 2.05) is 40.2 Å². The highest BCUT2D eigenvalue weighted by Crippen LogP contribution is 2.34. The molecule has 0 spiro atoms. The van der Waals surface area contributed by atoms with Crippen LogP contribution >= 0.6 is 23.2 Å². The number of nitrogens with one attached hydrogen (secondary N) is 2. The number of amides is 4. The first kappa shape index (κ1) is 41.5. The zero-order valence-electron chi connectivity index (χ0n) is 33.2. The number of hydrogen-bond acceptors (Lipinski definition) is 10. The molecule has 1 atom stereocenters. The smallest absolute Gasteiger partial charge is 0.255 e. The Morgan fingerprint density at radius 2 is 1.85 bits per heavy atom. The van der Waals surface area contributed by atoms with E-state index < -0.39 is 17.8 Å². The van der Waals surface area contributed by atoms with Crippen LogP contribution in [0.2, 0.25) is 10.0 Å². The molecular weight excluding hydrogens is 812 g/mol. The number of hydrogen-bond donors (Lipinski definition) is 3. The minimum Gasteiger partial charge on any atom is -0.489 e. The van der Waals surface area contributed by atoms with Gasteiger partial charge in [-0.15, -0.1) is 0 Å². The molecule has 2 aromatic carbocycles. The van der Waals surface area contributed by atoms with Gasteiger partial charge in [0.1, 0.15) is 11.9 Å². The van der Waals surface area contributed by atoms with Gasteiger partial charge in [0, 0.05) is 110 Å². The molecule has 4 amide bonds. The van der Waals surface area contributed by atoms with E-state index in [0.29, 0.717) is 73.3 Å². The van der Waals surface area contributed by atoms with Gasteiger partial charge in [-0.25, -0.2) is 9.37 Å². The van der Waals surface area contributed by atoms with E-state index in [1.54, 1.807) is 17.2 Å². The molecule has 2 aromatic heterocycles. The lowest BCUT2D eigenvalue weighted by Gasteiger charge is -2.39. The number of imide groups is 1. The van der Waals surface area contributed by atoms with Gasteiger partial charge in [-0.3, -0.25) is 29.2 Å². The number of rotatable bonds is 15. The minimum absolute atomic E-state index is 0.0150. The lowest BCUT2D eigenvalue weighted by atomic mass is 9.98. The third kappa shape index (κ3) is 9.08. The standard InChI is InChI=1S/C43H48Cl2FN9O5/c44-33-7-8-34(46)40(45)31(33)13-17-60-37-18-27(20-49-41(37)47)28-21-50-55(24-28)29-11-15-52(16-12-29)14-2-1-6-39(57)53-22-26(23-53)19-48-35-5-3-4-30-32(35)25-54(43(30)59)36-9-10-38(56)51-42(36)58/h3-5,7-8,18,20-21,24,26,29,36,48H,1-2,6,9-17,19,22-23,25H2,(H2,47,49)(H,51,56,58)/t36-/m1/s1. The molecule has 8 rings (SSSR count). The molecule has 60 heavy (non-hydrogen) atoms. The van der Waals surface area contributed by atoms with E-state index in [1.165, 1.54) is 12.1 Å². The summed E-state index contributed by atoms with van der Waals surface area (Å²) in [5.74, 6) is -0.277. The molecule has 0 aliphatic carbocycles. The van der Waals surface area contributed by atoms with Crippen LogP contribution in [0, 0.1) is 11.7 Å². The van der Waals surface area contributed by atoms with Gasteiger partial charge >= 0.3 is 0 Å². The highest BCUT2D eigenvalue weighted by molar-refractivity contribution is 6.36. The predicted octanol–water partition coefficient (Wildman–Crippen LogP) is 5.73. The molecule has 4 N–H and O–H groups in total. The highest BCUT2D eigenvalue weighted by atomic mass is 35.5. The lowest BCUT2D eigenvalue weighted by Crippen LogP contribution is -2.52. The summed E-state index contributed by atoms with van der Waals surface area (Å²) in [5, 5.41) is 10.9. The molecule has 17 heteroatoms. The number of fused-ring (bicyclic) bond motifs is 1. The zero-order chi connectivity index (χ0) is 41.9. The number of carbonyl (C=O) groups excluding carboxylic acids is 4.